The molecule has 230 valence electrons. The van der Waals surface area contributed by atoms with Gasteiger partial charge in [-0.15, -0.1) is 11.3 Å². The second kappa shape index (κ2) is 12.4. The van der Waals surface area contributed by atoms with Crippen LogP contribution in [-0.2, 0) is 0 Å². The zero-order chi connectivity index (χ0) is 42.1. The largest absolute Gasteiger partial charge is 0.208 e. The molecule has 0 aliphatic rings. The number of thiophene rings is 1. The van der Waals surface area contributed by atoms with Crippen molar-refractivity contribution in [1.29, 1.82) is 0 Å². The molecule has 0 saturated carbocycles. The van der Waals surface area contributed by atoms with Crippen molar-refractivity contribution < 1.29 is 15.1 Å². The maximum atomic E-state index is 9.53. The highest BCUT2D eigenvalue weighted by molar-refractivity contribution is 7.25. The van der Waals surface area contributed by atoms with E-state index in [-0.39, 0.29) is 60.9 Å². The number of rotatable bonds is 6. The van der Waals surface area contributed by atoms with Crippen molar-refractivity contribution in [3.8, 4) is 67.5 Å². The molecule has 0 radical (unpaired) electrons. The first-order valence-corrected chi connectivity index (χ1v) is 16.3. The Morgan fingerprint density at radius 3 is 1.67 bits per heavy atom. The zero-order valence-electron chi connectivity index (χ0n) is 36.6. The van der Waals surface area contributed by atoms with Crippen LogP contribution in [0.5, 0.6) is 0 Å². The van der Waals surface area contributed by atoms with E-state index in [4.69, 9.17) is 24.5 Å². The van der Waals surface area contributed by atoms with Gasteiger partial charge in [-0.1, -0.05) is 151 Å². The highest BCUT2D eigenvalue weighted by Gasteiger charge is 2.15. The van der Waals surface area contributed by atoms with Gasteiger partial charge in [-0.3, -0.25) is 0 Å². The molecule has 0 aliphatic heterocycles. The van der Waals surface area contributed by atoms with Crippen LogP contribution in [0.4, 0.5) is 0 Å². The fourth-order valence-corrected chi connectivity index (χ4v) is 6.63. The molecular weight excluding hydrogens is 615 g/mol. The van der Waals surface area contributed by atoms with Crippen molar-refractivity contribution in [2.24, 2.45) is 0 Å². The van der Waals surface area contributed by atoms with Gasteiger partial charge in [0.1, 0.15) is 0 Å². The van der Waals surface area contributed by atoms with Crippen LogP contribution in [0.25, 0.3) is 87.7 Å². The molecule has 0 fully saturated rings. The van der Waals surface area contributed by atoms with E-state index in [9.17, 15) is 5.48 Å². The van der Waals surface area contributed by atoms with Crippen molar-refractivity contribution >= 4 is 31.5 Å². The summed E-state index contributed by atoms with van der Waals surface area (Å²) in [6.07, 6.45) is 0. The molecule has 4 heteroatoms. The van der Waals surface area contributed by atoms with Gasteiger partial charge in [0.15, 0.2) is 17.5 Å². The van der Waals surface area contributed by atoms with Gasteiger partial charge < -0.3 is 0 Å². The Kier molecular flexibility index (Phi) is 4.96. The Hall–Kier alpha value is -6.23. The highest BCUT2D eigenvalue weighted by Crippen LogP contribution is 2.38. The third-order valence-corrected chi connectivity index (χ3v) is 9.12. The smallest absolute Gasteiger partial charge is 0.164 e. The summed E-state index contributed by atoms with van der Waals surface area (Å²) in [5, 5.41) is -0.0212. The molecule has 2 aromatic heterocycles. The Labute approximate surface area is 304 Å². The molecule has 0 atom stereocenters. The van der Waals surface area contributed by atoms with Crippen molar-refractivity contribution in [2.45, 2.75) is 0 Å². The quantitative estimate of drug-likeness (QED) is 0.179. The highest BCUT2D eigenvalue weighted by atomic mass is 32.1. The summed E-state index contributed by atoms with van der Waals surface area (Å²) in [6, 6.07) is 29.4. The molecule has 0 N–H and O–H groups in total. The lowest BCUT2D eigenvalue weighted by Crippen LogP contribution is -2.00. The lowest BCUT2D eigenvalue weighted by Gasteiger charge is -2.10. The van der Waals surface area contributed by atoms with Crippen LogP contribution in [0.15, 0.2) is 176 Å². The average molecular weight is 655 g/mol. The Morgan fingerprint density at radius 2 is 0.939 bits per heavy atom. The van der Waals surface area contributed by atoms with Crippen LogP contribution >= 0.6 is 11.3 Å². The SMILES string of the molecule is [2H]c1c([2H])c([2H])c(-c2c([2H])c([2H])c3sc4c([2H])c(-c5nc(-c6ccc(-c7ccccc7)cc6)nc(-c6cccc(-c7ccccc7)c6)n5)c([2H])c([2H])c4c3c2[2H])c([2H])c1[2H]. The minimum atomic E-state index is -0.658. The summed E-state index contributed by atoms with van der Waals surface area (Å²) in [5.74, 6) is 0.504. The summed E-state index contributed by atoms with van der Waals surface area (Å²) in [5.41, 5.74) is 4.35. The van der Waals surface area contributed by atoms with E-state index < -0.39 is 59.9 Å². The number of hydrogen-bond donors (Lipinski definition) is 0. The summed E-state index contributed by atoms with van der Waals surface area (Å²) in [6.45, 7) is 0. The van der Waals surface area contributed by atoms with E-state index in [1.807, 2.05) is 109 Å². The molecule has 9 aromatic rings. The third kappa shape index (κ3) is 5.69. The second-order valence-corrected chi connectivity index (χ2v) is 12.2. The lowest BCUT2D eigenvalue weighted by atomic mass is 10.0. The topological polar surface area (TPSA) is 38.7 Å². The normalized spacial score (nSPS) is 14.4. The van der Waals surface area contributed by atoms with Gasteiger partial charge in [-0.2, -0.15) is 0 Å². The maximum Gasteiger partial charge on any atom is 0.164 e. The molecule has 0 bridgehead atoms. The molecule has 49 heavy (non-hydrogen) atoms. The standard InChI is InChI=1S/C45H29N3S/c1-4-11-30(12-5-1)33-19-21-34(22-20-33)43-46-44(37-18-10-17-35(27-37)31-13-6-2-7-14-31)48-45(47-43)38-23-25-39-40-28-36(32-15-8-3-9-16-32)24-26-41(40)49-42(39)29-38/h1-29H/i3D,8D,9D,15D,16D,23D,24D,25D,26D,28D,29D. The second-order valence-electron chi connectivity index (χ2n) is 11.2. The average Bonchev–Trinajstić information content (AvgIpc) is 3.70. The maximum absolute atomic E-state index is 9.53. The Balaban J connectivity index is 1.28. The third-order valence-electron chi connectivity index (χ3n) is 8.10. The molecule has 0 amide bonds. The molecule has 0 aliphatic carbocycles. The molecule has 7 aromatic carbocycles. The fourth-order valence-electron chi connectivity index (χ4n) is 5.66. The number of fused-ring (bicyclic) bond motifs is 3. The molecule has 0 spiro atoms. The van der Waals surface area contributed by atoms with E-state index in [1.54, 1.807) is 0 Å². The van der Waals surface area contributed by atoms with Gasteiger partial charge in [-0.05, 0) is 57.6 Å². The van der Waals surface area contributed by atoms with Crippen molar-refractivity contribution in [3.63, 3.8) is 0 Å². The monoisotopic (exact) mass is 654 g/mol. The summed E-state index contributed by atoms with van der Waals surface area (Å²) in [7, 11) is 0. The number of benzene rings is 7. The lowest BCUT2D eigenvalue weighted by molar-refractivity contribution is 1.07. The first-order valence-electron chi connectivity index (χ1n) is 21.0. The van der Waals surface area contributed by atoms with Crippen LogP contribution < -0.4 is 0 Å². The molecule has 0 saturated heterocycles. The van der Waals surface area contributed by atoms with Gasteiger partial charge in [-0.25, -0.2) is 15.0 Å². The first-order chi connectivity index (χ1) is 28.8. The van der Waals surface area contributed by atoms with Crippen molar-refractivity contribution in [2.75, 3.05) is 0 Å². The van der Waals surface area contributed by atoms with E-state index >= 15 is 0 Å². The fraction of sp³-hybridized carbons (Fsp3) is 0. The van der Waals surface area contributed by atoms with Crippen molar-refractivity contribution in [1.82, 2.24) is 15.0 Å². The van der Waals surface area contributed by atoms with Gasteiger partial charge >= 0.3 is 0 Å². The van der Waals surface area contributed by atoms with E-state index in [0.717, 1.165) is 33.6 Å². The molecule has 0 unspecified atom stereocenters. The van der Waals surface area contributed by atoms with Gasteiger partial charge in [0.2, 0.25) is 0 Å². The first kappa shape index (κ1) is 19.6. The molecule has 3 nitrogen and oxygen atoms in total. The Bertz CT molecular complexity index is 3180. The van der Waals surface area contributed by atoms with Crippen molar-refractivity contribution in [3.05, 3.63) is 176 Å². The molecule has 2 heterocycles. The Morgan fingerprint density at radius 1 is 0.367 bits per heavy atom. The zero-order valence-corrected chi connectivity index (χ0v) is 26.5. The summed E-state index contributed by atoms with van der Waals surface area (Å²) < 4.78 is 97.1. The van der Waals surface area contributed by atoms with Gasteiger partial charge in [0.25, 0.3) is 0 Å². The minimum Gasteiger partial charge on any atom is -0.208 e. The molecular formula is C45H29N3S. The summed E-state index contributed by atoms with van der Waals surface area (Å²) in [4.78, 5) is 14.5. The summed E-state index contributed by atoms with van der Waals surface area (Å²) >= 11 is 0.909. The number of nitrogens with zero attached hydrogens (tertiary/aromatic N) is 3. The van der Waals surface area contributed by atoms with Gasteiger partial charge in [0, 0.05) is 36.9 Å². The van der Waals surface area contributed by atoms with E-state index in [1.165, 1.54) is 0 Å². The predicted octanol–water partition coefficient (Wildman–Crippen LogP) is 12.2. The molecule has 9 rings (SSSR count). The number of hydrogen-bond acceptors (Lipinski definition) is 4. The van der Waals surface area contributed by atoms with Crippen LogP contribution in [0, 0.1) is 0 Å². The van der Waals surface area contributed by atoms with Gasteiger partial charge in [0.05, 0.1) is 15.1 Å². The minimum absolute atomic E-state index is 0.00225. The van der Waals surface area contributed by atoms with Crippen LogP contribution in [0.2, 0.25) is 0 Å². The van der Waals surface area contributed by atoms with E-state index in [2.05, 4.69) is 0 Å². The predicted molar refractivity (Wildman–Crippen MR) is 205 cm³/mol. The van der Waals surface area contributed by atoms with Crippen LogP contribution in [-0.4, -0.2) is 15.0 Å². The van der Waals surface area contributed by atoms with Crippen LogP contribution in [0.3, 0.4) is 0 Å². The number of aromatic nitrogens is 3. The van der Waals surface area contributed by atoms with Crippen LogP contribution in [0.1, 0.15) is 15.1 Å². The van der Waals surface area contributed by atoms with E-state index in [0.29, 0.717) is 11.1 Å².